The van der Waals surface area contributed by atoms with Crippen molar-refractivity contribution in [3.63, 3.8) is 0 Å². The molecule has 0 saturated carbocycles. The van der Waals surface area contributed by atoms with Crippen LogP contribution < -0.4 is 25.3 Å². The van der Waals surface area contributed by atoms with Crippen LogP contribution >= 0.6 is 0 Å². The van der Waals surface area contributed by atoms with Crippen LogP contribution in [-0.2, 0) is 86.5 Å². The number of phenolic OH excluding ortho intramolecular Hbond substituents is 1. The number of rotatable bonds is 48. The first kappa shape index (κ1) is 116. The molecule has 760 valence electrons. The molecule has 6 atom stereocenters. The van der Waals surface area contributed by atoms with E-state index in [0.29, 0.717) is 96.6 Å². The van der Waals surface area contributed by atoms with Crippen LogP contribution in [-0.4, -0.2) is 180 Å². The van der Waals surface area contributed by atoms with Crippen molar-refractivity contribution in [2.75, 3.05) is 13.7 Å². The average Bonchev–Trinajstić information content (AvgIpc) is 1.34. The highest BCUT2D eigenvalue weighted by molar-refractivity contribution is 6.06. The second kappa shape index (κ2) is 58.8. The molecule has 33 heteroatoms. The van der Waals surface area contributed by atoms with E-state index in [4.69, 9.17) is 45.5 Å². The van der Waals surface area contributed by atoms with Gasteiger partial charge in [-0.25, -0.2) is 33.6 Å². The minimum atomic E-state index is -1.50. The largest absolute Gasteiger partial charge is 0.507 e. The van der Waals surface area contributed by atoms with Crippen molar-refractivity contribution in [3.8, 4) is 63.2 Å². The number of ether oxygens (including phenoxy) is 4. The molecule has 2 amide bonds. The zero-order valence-electron chi connectivity index (χ0n) is 81.3. The van der Waals surface area contributed by atoms with Crippen molar-refractivity contribution < 1.29 is 153 Å². The number of phenols is 8. The molecule has 10 rings (SSSR count). The number of hydrogen-bond acceptors (Lipinski definition) is 24. The zero-order chi connectivity index (χ0) is 103. The highest BCUT2D eigenvalue weighted by Gasteiger charge is 2.40. The number of carbonyl (C=O) groups is 12. The number of aliphatic carboxylic acids is 2. The highest BCUT2D eigenvalue weighted by Crippen LogP contribution is 2.47. The number of Topliss-reactive ketones (excluding diaryl/α,β-unsaturated/α-hetero) is 2. The molecular formula is C106H140N2O31. The lowest BCUT2D eigenvalue weighted by Crippen LogP contribution is -2.41. The lowest BCUT2D eigenvalue weighted by Gasteiger charge is -2.31. The minimum Gasteiger partial charge on any atom is -0.507 e. The van der Waals surface area contributed by atoms with Gasteiger partial charge in [0.1, 0.15) is 97.5 Å². The van der Waals surface area contributed by atoms with Crippen LogP contribution in [0.5, 0.6) is 63.2 Å². The van der Waals surface area contributed by atoms with E-state index in [0.717, 1.165) is 201 Å². The van der Waals surface area contributed by atoms with E-state index in [-0.39, 0.29) is 94.5 Å². The Morgan fingerprint density at radius 3 is 1.50 bits per heavy atom. The number of aromatic hydroxyl groups is 8. The van der Waals surface area contributed by atoms with Crippen molar-refractivity contribution in [2.45, 2.75) is 311 Å². The van der Waals surface area contributed by atoms with Gasteiger partial charge in [-0.3, -0.25) is 24.0 Å². The predicted octanol–water partition coefficient (Wildman–Crippen LogP) is 19.0. The Bertz CT molecular complexity index is 5350. The van der Waals surface area contributed by atoms with Crippen LogP contribution in [0.2, 0.25) is 0 Å². The molecule has 6 unspecified atom stereocenters. The molecule has 0 radical (unpaired) electrons. The van der Waals surface area contributed by atoms with Gasteiger partial charge in [-0.2, -0.15) is 0 Å². The van der Waals surface area contributed by atoms with Crippen LogP contribution in [0.1, 0.15) is 369 Å². The first-order chi connectivity index (χ1) is 66.1. The Balaban J connectivity index is 0.000000295. The van der Waals surface area contributed by atoms with Gasteiger partial charge in [-0.1, -0.05) is 207 Å². The van der Waals surface area contributed by atoms with E-state index in [9.17, 15) is 109 Å². The van der Waals surface area contributed by atoms with Crippen molar-refractivity contribution >= 4 is 71.6 Å². The molecule has 2 heterocycles. The summed E-state index contributed by atoms with van der Waals surface area (Å²) in [5.41, 5.74) is 11.6. The van der Waals surface area contributed by atoms with Gasteiger partial charge in [-0.15, -0.1) is 0 Å². The number of aryl methyl sites for hydroxylation is 6. The summed E-state index contributed by atoms with van der Waals surface area (Å²) in [4.78, 5) is 136. The number of esters is 1. The van der Waals surface area contributed by atoms with Crippen molar-refractivity contribution in [1.29, 1.82) is 0 Å². The van der Waals surface area contributed by atoms with Crippen molar-refractivity contribution in [3.05, 3.63) is 179 Å². The van der Waals surface area contributed by atoms with E-state index in [1.807, 2.05) is 30.3 Å². The maximum atomic E-state index is 12.8. The second-order valence-corrected chi connectivity index (χ2v) is 35.4. The number of primary amides is 1. The first-order valence-electron chi connectivity index (χ1n) is 48.0. The summed E-state index contributed by atoms with van der Waals surface area (Å²) in [6, 6.07) is 21.5. The molecule has 2 aliphatic heterocycles. The molecule has 0 aromatic heterocycles. The zero-order valence-corrected chi connectivity index (χ0v) is 81.3. The third-order valence-electron chi connectivity index (χ3n) is 24.5. The Hall–Kier alpha value is -13.6. The first-order valence-corrected chi connectivity index (χ1v) is 48.0. The molecular weight excluding hydrogens is 1800 g/mol. The molecule has 0 saturated heterocycles. The van der Waals surface area contributed by atoms with Gasteiger partial charge in [0.25, 0.3) is 5.91 Å². The molecule has 0 fully saturated rings. The summed E-state index contributed by atoms with van der Waals surface area (Å²) in [6.07, 6.45) is 28.2. The van der Waals surface area contributed by atoms with Crippen molar-refractivity contribution in [2.24, 2.45) is 17.6 Å². The number of carbonyl (C=O) groups excluding carboxylic acids is 5. The summed E-state index contributed by atoms with van der Waals surface area (Å²) < 4.78 is 20.8. The molecule has 18 N–H and O–H groups in total. The molecule has 7 aromatic rings. The van der Waals surface area contributed by atoms with Gasteiger partial charge in [0.05, 0.1) is 18.7 Å². The molecule has 1 aliphatic carbocycles. The van der Waals surface area contributed by atoms with E-state index < -0.39 is 117 Å². The van der Waals surface area contributed by atoms with Gasteiger partial charge in [-0.05, 0) is 196 Å². The number of methoxy groups -OCH3 is 1. The number of amides is 2. The summed E-state index contributed by atoms with van der Waals surface area (Å²) in [5, 5.41) is 146. The molecule has 7 aromatic carbocycles. The predicted molar refractivity (Wildman–Crippen MR) is 519 cm³/mol. The maximum Gasteiger partial charge on any atom is 0.348 e. The number of aromatic carboxylic acids is 5. The van der Waals surface area contributed by atoms with Crippen LogP contribution in [0.15, 0.2) is 78.9 Å². The summed E-state index contributed by atoms with van der Waals surface area (Å²) in [6.45, 7) is 18.3. The number of hydrogen-bond donors (Lipinski definition) is 17. The van der Waals surface area contributed by atoms with Crippen molar-refractivity contribution in [1.82, 2.24) is 5.32 Å². The topological polar surface area (TPSA) is 583 Å². The number of carboxylic acid groups (broad SMARTS) is 7. The normalized spacial score (nSPS) is 14.4. The van der Waals surface area contributed by atoms with Crippen LogP contribution in [0, 0.1) is 11.8 Å². The van der Waals surface area contributed by atoms with E-state index in [2.05, 4.69) is 71.5 Å². The Morgan fingerprint density at radius 1 is 0.482 bits per heavy atom. The fourth-order valence-electron chi connectivity index (χ4n) is 17.0. The monoisotopic (exact) mass is 1940 g/mol. The Labute approximate surface area is 810 Å². The summed E-state index contributed by atoms with van der Waals surface area (Å²) >= 11 is 0. The maximum absolute atomic E-state index is 12.8. The average molecular weight is 1940 g/mol. The van der Waals surface area contributed by atoms with Gasteiger partial charge in [0, 0.05) is 41.9 Å². The van der Waals surface area contributed by atoms with Gasteiger partial charge < -0.3 is 107 Å². The number of nitrogens with one attached hydrogen (secondary N) is 1. The van der Waals surface area contributed by atoms with Gasteiger partial charge in [0.2, 0.25) is 12.5 Å². The van der Waals surface area contributed by atoms with E-state index in [1.54, 1.807) is 6.07 Å². The third-order valence-corrected chi connectivity index (χ3v) is 24.5. The molecule has 0 spiro atoms. The van der Waals surface area contributed by atoms with Crippen LogP contribution in [0.4, 0.5) is 0 Å². The number of unbranched alkanes of at least 4 members (excludes halogenated alkanes) is 14. The Morgan fingerprint density at radius 2 is 0.971 bits per heavy atom. The summed E-state index contributed by atoms with van der Waals surface area (Å²) in [7, 11) is 1.15. The second-order valence-electron chi connectivity index (χ2n) is 35.4. The molecule has 0 bridgehead atoms. The number of fused-ring (bicyclic) bond motifs is 3. The fraction of sp³-hybridized carbons (Fsp3) is 0.491. The molecule has 33 nitrogen and oxygen atoms in total. The summed E-state index contributed by atoms with van der Waals surface area (Å²) in [5.74, 6) is -12.8. The lowest BCUT2D eigenvalue weighted by atomic mass is 9.75. The number of benzene rings is 7. The highest BCUT2D eigenvalue weighted by atomic mass is 16.6. The smallest absolute Gasteiger partial charge is 0.348 e. The van der Waals surface area contributed by atoms with E-state index >= 15 is 0 Å². The number of ketones is 2. The van der Waals surface area contributed by atoms with Gasteiger partial charge >= 0.3 is 47.8 Å². The van der Waals surface area contributed by atoms with Gasteiger partial charge in [0.15, 0.2) is 23.4 Å². The van der Waals surface area contributed by atoms with E-state index in [1.165, 1.54) is 43.3 Å². The molecule has 139 heavy (non-hydrogen) atoms. The third kappa shape index (κ3) is 34.8. The van der Waals surface area contributed by atoms with Crippen LogP contribution in [0.25, 0.3) is 0 Å². The standard InChI is InChI=1S/C22H25NO3.C18H25NO5.2C17H24O5.C16H20O7.C16H22O6/c1-2-3-5-8-15-11-18-17(16-9-6-4-7-10-16)13-19(23-14-24)22(26)21(18)20(25)12-15;1-3-10(2)6-4-5-7-11-8-13(20)15(18(22)23)16-12(11)9-14(24-16)17(19)21;1-3-5-11(2)8-13-10-15(18)14(17(21)22)9-12(13)6-4-7-16(19)20;1-3-4-5-6-7-8-12-10-14(19)15(17(21)22)16(20)13(12)9-11(2)18;1-2-3-4-5-6-9-7-10(17)12(16(20)21)14-13(9)22-8-11(23-14)15(18)19;1-3-4-5-6-7-8-10-9-11(17)13(15(19)20)14(18)12(10)16(21)22-2/h4,6-7,9-12,14,17,19,25H,2-3,5,8,13H2,1H3,(H,23,24);8,10,14,20H,3-7,9H2,1-2H3,(H2,19,21)(H,22,23);9-11,18H,3-8H2,1-2H3,(H,19,20)(H,21,22);10,19-20H,3-9H2,1-2H3,(H,21,22);7,11,17H,2-6,8H2,1H3,(H,18,19)(H,20,21);9,17-18H,3-8H2,1-2H3,(H,19,20). The lowest BCUT2D eigenvalue weighted by molar-refractivity contribution is -0.147. The molecule has 3 aliphatic rings. The SMILES string of the molecule is CCC(C)CCCCc1cc(O)c(C(=O)O)c2c1CC(C(N)=O)O2.CCCC(C)Cc1cc(O)c(C(=O)O)cc1CCCC(=O)O.CCCCCCCc1cc(O)c(C(=O)O)c(O)c1C(=O)OC.CCCCCCCc1cc(O)c(C(=O)O)c(O)c1CC(C)=O.CCCCCCc1cc(O)c(C(=O)O)c2c1OCC(C(=O)O)O2.CCCCCc1cc(O)c2c(c1)C(c1ccccc1)CC(NC=O)C2=O. The number of carboxylic acids is 7. The quantitative estimate of drug-likeness (QED) is 0.00957. The van der Waals surface area contributed by atoms with Crippen LogP contribution in [0.3, 0.4) is 0 Å². The minimum absolute atomic E-state index is 0.0253. The number of nitrogens with two attached hydrogens (primary N) is 1. The Kier molecular flexibility index (Phi) is 49.1. The fourth-order valence-corrected chi connectivity index (χ4v) is 17.0.